The average molecular weight is 371 g/mol. The van der Waals surface area contributed by atoms with Gasteiger partial charge in [0.2, 0.25) is 10.0 Å². The third kappa shape index (κ3) is 6.21. The molecule has 0 spiro atoms. The molecule has 0 amide bonds. The van der Waals surface area contributed by atoms with Gasteiger partial charge in [-0.3, -0.25) is 0 Å². The molecule has 9 heteroatoms. The van der Waals surface area contributed by atoms with Gasteiger partial charge in [-0.25, -0.2) is 21.6 Å². The summed E-state index contributed by atoms with van der Waals surface area (Å²) >= 11 is 0. The van der Waals surface area contributed by atoms with E-state index in [1.54, 1.807) is 0 Å². The minimum Gasteiger partial charge on any atom is -0.315 e. The Morgan fingerprint density at radius 2 is 1.59 bits per heavy atom. The van der Waals surface area contributed by atoms with Crippen LogP contribution >= 0.6 is 12.4 Å². The highest BCUT2D eigenvalue weighted by molar-refractivity contribution is 7.91. The van der Waals surface area contributed by atoms with Crippen molar-refractivity contribution in [2.24, 2.45) is 0 Å². The molecule has 0 aliphatic rings. The van der Waals surface area contributed by atoms with Crippen LogP contribution in [0.5, 0.6) is 0 Å². The van der Waals surface area contributed by atoms with E-state index in [-0.39, 0.29) is 34.5 Å². The van der Waals surface area contributed by atoms with Gasteiger partial charge in [-0.1, -0.05) is 19.9 Å². The van der Waals surface area contributed by atoms with E-state index in [4.69, 9.17) is 0 Å². The molecule has 0 fully saturated rings. The van der Waals surface area contributed by atoms with Gasteiger partial charge in [0.1, 0.15) is 0 Å². The van der Waals surface area contributed by atoms with Gasteiger partial charge in [0.25, 0.3) is 0 Å². The van der Waals surface area contributed by atoms with Gasteiger partial charge in [-0.15, -0.1) is 12.4 Å². The Morgan fingerprint density at radius 1 is 0.955 bits per heavy atom. The first-order valence-electron chi connectivity index (χ1n) is 6.86. The standard InChI is InChI=1S/C13H22N2O4S2.ClH/c1-3-8-14-9-10-15-21(18,19)13-7-5-6-12(11-13)20(16,17)4-2;/h5-7,11,14-15H,3-4,8-10H2,1-2H3;1H. The van der Waals surface area contributed by atoms with Gasteiger partial charge >= 0.3 is 0 Å². The quantitative estimate of drug-likeness (QED) is 0.637. The molecule has 1 aromatic carbocycles. The fourth-order valence-electron chi connectivity index (χ4n) is 1.66. The third-order valence-electron chi connectivity index (χ3n) is 2.88. The number of halogens is 1. The number of benzene rings is 1. The molecule has 0 saturated carbocycles. The molecule has 2 N–H and O–H groups in total. The van der Waals surface area contributed by atoms with Crippen LogP contribution in [0.2, 0.25) is 0 Å². The number of rotatable bonds is 9. The van der Waals surface area contributed by atoms with Crippen LogP contribution in [0.15, 0.2) is 34.1 Å². The summed E-state index contributed by atoms with van der Waals surface area (Å²) in [6.07, 6.45) is 0.976. The molecule has 0 unspecified atom stereocenters. The van der Waals surface area contributed by atoms with Gasteiger partial charge in [0.05, 0.1) is 15.5 Å². The lowest BCUT2D eigenvalue weighted by Crippen LogP contribution is -2.32. The first-order chi connectivity index (χ1) is 9.83. The Balaban J connectivity index is 0.00000441. The highest BCUT2D eigenvalue weighted by Gasteiger charge is 2.17. The first-order valence-corrected chi connectivity index (χ1v) is 10.00. The van der Waals surface area contributed by atoms with Crippen molar-refractivity contribution in [1.82, 2.24) is 10.0 Å². The predicted octanol–water partition coefficient (Wildman–Crippen LogP) is 1.18. The Hall–Kier alpha value is -0.670. The summed E-state index contributed by atoms with van der Waals surface area (Å²) in [6, 6.07) is 5.42. The molecule has 0 aliphatic heterocycles. The monoisotopic (exact) mass is 370 g/mol. The van der Waals surface area contributed by atoms with Gasteiger partial charge in [0.15, 0.2) is 9.84 Å². The molecule has 6 nitrogen and oxygen atoms in total. The van der Waals surface area contributed by atoms with Crippen molar-refractivity contribution in [2.45, 2.75) is 30.1 Å². The maximum Gasteiger partial charge on any atom is 0.240 e. The van der Waals surface area contributed by atoms with Crippen molar-refractivity contribution in [1.29, 1.82) is 0 Å². The Bertz CT molecular complexity index is 660. The summed E-state index contributed by atoms with van der Waals surface area (Å²) in [5.74, 6) is -0.0646. The fourth-order valence-corrected chi connectivity index (χ4v) is 3.74. The van der Waals surface area contributed by atoms with E-state index in [2.05, 4.69) is 10.0 Å². The minimum atomic E-state index is -3.69. The Morgan fingerprint density at radius 3 is 2.18 bits per heavy atom. The molecule has 1 rings (SSSR count). The number of nitrogens with one attached hydrogen (secondary N) is 2. The van der Waals surface area contributed by atoms with E-state index in [1.807, 2.05) is 6.92 Å². The molecule has 0 atom stereocenters. The van der Waals surface area contributed by atoms with Crippen LogP contribution in [0.3, 0.4) is 0 Å². The van der Waals surface area contributed by atoms with Crippen LogP contribution in [0.25, 0.3) is 0 Å². The van der Waals surface area contributed by atoms with Gasteiger partial charge in [0, 0.05) is 13.1 Å². The van der Waals surface area contributed by atoms with Crippen LogP contribution in [0.1, 0.15) is 20.3 Å². The van der Waals surface area contributed by atoms with Crippen LogP contribution in [-0.2, 0) is 19.9 Å². The molecule has 0 bridgehead atoms. The van der Waals surface area contributed by atoms with Crippen LogP contribution < -0.4 is 10.0 Å². The van der Waals surface area contributed by atoms with Crippen molar-refractivity contribution >= 4 is 32.3 Å². The lowest BCUT2D eigenvalue weighted by Gasteiger charge is -2.09. The number of hydrogen-bond donors (Lipinski definition) is 2. The summed E-state index contributed by atoms with van der Waals surface area (Å²) in [5.41, 5.74) is 0. The third-order valence-corrected chi connectivity index (χ3v) is 6.07. The van der Waals surface area contributed by atoms with E-state index in [9.17, 15) is 16.8 Å². The first kappa shape index (κ1) is 21.3. The van der Waals surface area contributed by atoms with Crippen molar-refractivity contribution in [2.75, 3.05) is 25.4 Å². The zero-order chi connectivity index (χ0) is 15.9. The highest BCUT2D eigenvalue weighted by Crippen LogP contribution is 2.16. The molecular weight excluding hydrogens is 348 g/mol. The second kappa shape index (κ2) is 9.46. The normalized spacial score (nSPS) is 11.9. The van der Waals surface area contributed by atoms with Gasteiger partial charge in [-0.05, 0) is 31.2 Å². The van der Waals surface area contributed by atoms with E-state index >= 15 is 0 Å². The zero-order valence-corrected chi connectivity index (χ0v) is 15.2. The summed E-state index contributed by atoms with van der Waals surface area (Å²) in [6.45, 7) is 5.16. The molecule has 0 aliphatic carbocycles. The fraction of sp³-hybridized carbons (Fsp3) is 0.538. The number of sulfonamides is 1. The van der Waals surface area contributed by atoms with Crippen LogP contribution in [-0.4, -0.2) is 42.2 Å². The topological polar surface area (TPSA) is 92.3 Å². The number of sulfone groups is 1. The predicted molar refractivity (Wildman–Crippen MR) is 89.8 cm³/mol. The molecular formula is C13H23ClN2O4S2. The molecule has 1 aromatic rings. The highest BCUT2D eigenvalue weighted by atomic mass is 35.5. The summed E-state index contributed by atoms with van der Waals surface area (Å²) in [7, 11) is -7.11. The molecule has 0 aromatic heterocycles. The molecule has 0 saturated heterocycles. The summed E-state index contributed by atoms with van der Waals surface area (Å²) in [5, 5.41) is 3.08. The molecule has 128 valence electrons. The Kier molecular flexibility index (Phi) is 9.18. The van der Waals surface area contributed by atoms with E-state index < -0.39 is 19.9 Å². The van der Waals surface area contributed by atoms with Gasteiger partial charge in [-0.2, -0.15) is 0 Å². The lowest BCUT2D eigenvalue weighted by molar-refractivity contribution is 0.575. The smallest absolute Gasteiger partial charge is 0.240 e. The van der Waals surface area contributed by atoms with Crippen molar-refractivity contribution in [3.05, 3.63) is 24.3 Å². The lowest BCUT2D eigenvalue weighted by atomic mass is 10.4. The number of hydrogen-bond acceptors (Lipinski definition) is 5. The van der Waals surface area contributed by atoms with E-state index in [0.29, 0.717) is 6.54 Å². The largest absolute Gasteiger partial charge is 0.315 e. The average Bonchev–Trinajstić information content (AvgIpc) is 2.47. The minimum absolute atomic E-state index is 0. The maximum atomic E-state index is 12.1. The van der Waals surface area contributed by atoms with Crippen LogP contribution in [0.4, 0.5) is 0 Å². The second-order valence-electron chi connectivity index (χ2n) is 4.53. The van der Waals surface area contributed by atoms with Crippen molar-refractivity contribution in [3.63, 3.8) is 0 Å². The second-order valence-corrected chi connectivity index (χ2v) is 8.57. The molecule has 0 heterocycles. The molecule has 0 radical (unpaired) electrons. The SMILES string of the molecule is CCCNCCNS(=O)(=O)c1cccc(S(=O)(=O)CC)c1.Cl. The van der Waals surface area contributed by atoms with Gasteiger partial charge < -0.3 is 5.32 Å². The van der Waals surface area contributed by atoms with Crippen molar-refractivity contribution in [3.8, 4) is 0 Å². The maximum absolute atomic E-state index is 12.1. The Labute approximate surface area is 139 Å². The summed E-state index contributed by atoms with van der Waals surface area (Å²) in [4.78, 5) is -0.00972. The zero-order valence-electron chi connectivity index (χ0n) is 12.7. The van der Waals surface area contributed by atoms with E-state index in [0.717, 1.165) is 13.0 Å². The van der Waals surface area contributed by atoms with E-state index in [1.165, 1.54) is 31.2 Å². The van der Waals surface area contributed by atoms with Crippen LogP contribution in [0, 0.1) is 0 Å². The molecule has 22 heavy (non-hydrogen) atoms. The van der Waals surface area contributed by atoms with Crippen molar-refractivity contribution < 1.29 is 16.8 Å². The summed E-state index contributed by atoms with van der Waals surface area (Å²) < 4.78 is 50.2.